The van der Waals surface area contributed by atoms with E-state index >= 15 is 0 Å². The van der Waals surface area contributed by atoms with Crippen LogP contribution in [0.4, 0.5) is 19.0 Å². The van der Waals surface area contributed by atoms with Gasteiger partial charge in [-0.15, -0.1) is 0 Å². The molecule has 8 heteroatoms. The molecule has 0 fully saturated rings. The van der Waals surface area contributed by atoms with Crippen LogP contribution in [0.3, 0.4) is 0 Å². The molecule has 0 amide bonds. The molecule has 1 atom stereocenters. The van der Waals surface area contributed by atoms with Gasteiger partial charge in [-0.2, -0.15) is 0 Å². The summed E-state index contributed by atoms with van der Waals surface area (Å²) in [5, 5.41) is 3.00. The molecule has 0 saturated heterocycles. The maximum atomic E-state index is 14.3. The SMILES string of the molecule is COCCOc1cnc(C)nc1N[C@H](C)c1cccc(C(F)F)c1F. The van der Waals surface area contributed by atoms with E-state index in [9.17, 15) is 13.2 Å². The summed E-state index contributed by atoms with van der Waals surface area (Å²) in [4.78, 5) is 8.31. The molecule has 0 aliphatic carbocycles. The van der Waals surface area contributed by atoms with E-state index in [0.29, 0.717) is 30.6 Å². The molecule has 2 aromatic rings. The Morgan fingerprint density at radius 3 is 2.60 bits per heavy atom. The highest BCUT2D eigenvalue weighted by Crippen LogP contribution is 2.30. The van der Waals surface area contributed by atoms with Gasteiger partial charge in [0.25, 0.3) is 6.43 Å². The van der Waals surface area contributed by atoms with E-state index in [-0.39, 0.29) is 5.56 Å². The van der Waals surface area contributed by atoms with Gasteiger partial charge in [0.15, 0.2) is 11.6 Å². The number of aromatic nitrogens is 2. The van der Waals surface area contributed by atoms with E-state index in [0.717, 1.165) is 6.07 Å². The predicted molar refractivity (Wildman–Crippen MR) is 87.5 cm³/mol. The fourth-order valence-electron chi connectivity index (χ4n) is 2.26. The lowest BCUT2D eigenvalue weighted by atomic mass is 10.0. The molecule has 0 unspecified atom stereocenters. The Morgan fingerprint density at radius 2 is 1.92 bits per heavy atom. The first-order valence-electron chi connectivity index (χ1n) is 7.72. The van der Waals surface area contributed by atoms with Crippen molar-refractivity contribution in [2.45, 2.75) is 26.3 Å². The molecule has 0 radical (unpaired) electrons. The summed E-state index contributed by atoms with van der Waals surface area (Å²) >= 11 is 0. The number of hydrogen-bond donors (Lipinski definition) is 1. The van der Waals surface area contributed by atoms with Crippen LogP contribution in [-0.2, 0) is 4.74 Å². The summed E-state index contributed by atoms with van der Waals surface area (Å²) in [5.74, 6) is 0.304. The Labute approximate surface area is 144 Å². The van der Waals surface area contributed by atoms with E-state index in [2.05, 4.69) is 15.3 Å². The molecular formula is C17H20F3N3O2. The van der Waals surface area contributed by atoms with Crippen molar-refractivity contribution in [3.05, 3.63) is 47.2 Å². The molecule has 1 heterocycles. The van der Waals surface area contributed by atoms with Crippen molar-refractivity contribution in [2.24, 2.45) is 0 Å². The zero-order valence-electron chi connectivity index (χ0n) is 14.2. The standard InChI is InChI=1S/C17H20F3N3O2/c1-10(12-5-4-6-13(15(12)18)16(19)20)22-17-14(25-8-7-24-3)9-21-11(2)23-17/h4-6,9-10,16H,7-8H2,1-3H3,(H,21,22,23)/t10-/m1/s1. The van der Waals surface area contributed by atoms with Crippen LogP contribution in [0.5, 0.6) is 5.75 Å². The van der Waals surface area contributed by atoms with Crippen LogP contribution < -0.4 is 10.1 Å². The highest BCUT2D eigenvalue weighted by molar-refractivity contribution is 5.50. The van der Waals surface area contributed by atoms with Gasteiger partial charge >= 0.3 is 0 Å². The normalized spacial score (nSPS) is 12.3. The summed E-state index contributed by atoms with van der Waals surface area (Å²) in [6, 6.07) is 3.33. The van der Waals surface area contributed by atoms with Crippen molar-refractivity contribution in [3.63, 3.8) is 0 Å². The average Bonchev–Trinajstić information content (AvgIpc) is 2.56. The van der Waals surface area contributed by atoms with Crippen molar-refractivity contribution < 1.29 is 22.6 Å². The molecule has 136 valence electrons. The van der Waals surface area contributed by atoms with Crippen LogP contribution in [0.15, 0.2) is 24.4 Å². The first-order chi connectivity index (χ1) is 11.9. The van der Waals surface area contributed by atoms with Crippen molar-refractivity contribution in [1.29, 1.82) is 0 Å². The van der Waals surface area contributed by atoms with Gasteiger partial charge in [0, 0.05) is 12.7 Å². The fourth-order valence-corrected chi connectivity index (χ4v) is 2.26. The second-order valence-corrected chi connectivity index (χ2v) is 5.39. The highest BCUT2D eigenvalue weighted by atomic mass is 19.3. The largest absolute Gasteiger partial charge is 0.486 e. The van der Waals surface area contributed by atoms with Crippen LogP contribution in [-0.4, -0.2) is 30.3 Å². The minimum atomic E-state index is -2.87. The Kier molecular flexibility index (Phi) is 6.58. The topological polar surface area (TPSA) is 56.3 Å². The van der Waals surface area contributed by atoms with Crippen molar-refractivity contribution >= 4 is 5.82 Å². The van der Waals surface area contributed by atoms with Gasteiger partial charge in [-0.1, -0.05) is 18.2 Å². The average molecular weight is 355 g/mol. The molecule has 1 N–H and O–H groups in total. The number of halogens is 3. The number of hydrogen-bond acceptors (Lipinski definition) is 5. The number of aryl methyl sites for hydroxylation is 1. The number of anilines is 1. The van der Waals surface area contributed by atoms with Crippen LogP contribution >= 0.6 is 0 Å². The summed E-state index contributed by atoms with van der Waals surface area (Å²) in [6.45, 7) is 4.03. The third-order valence-electron chi connectivity index (χ3n) is 3.53. The lowest BCUT2D eigenvalue weighted by Gasteiger charge is -2.19. The van der Waals surface area contributed by atoms with Gasteiger partial charge in [0.05, 0.1) is 24.4 Å². The van der Waals surface area contributed by atoms with E-state index in [1.54, 1.807) is 21.0 Å². The number of nitrogens with one attached hydrogen (secondary N) is 1. The summed E-state index contributed by atoms with van der Waals surface area (Å²) in [5.41, 5.74) is -0.501. The zero-order chi connectivity index (χ0) is 18.4. The summed E-state index contributed by atoms with van der Waals surface area (Å²) in [7, 11) is 1.55. The minimum absolute atomic E-state index is 0.122. The van der Waals surface area contributed by atoms with Crippen LogP contribution in [0.2, 0.25) is 0 Å². The monoisotopic (exact) mass is 355 g/mol. The number of ether oxygens (including phenoxy) is 2. The molecule has 2 rings (SSSR count). The summed E-state index contributed by atoms with van der Waals surface area (Å²) in [6.07, 6.45) is -1.37. The predicted octanol–water partition coefficient (Wildman–Crippen LogP) is 4.06. The maximum absolute atomic E-state index is 14.3. The third-order valence-corrected chi connectivity index (χ3v) is 3.53. The Bertz CT molecular complexity index is 714. The van der Waals surface area contributed by atoms with Crippen molar-refractivity contribution in [1.82, 2.24) is 9.97 Å². The van der Waals surface area contributed by atoms with E-state index in [1.165, 1.54) is 18.3 Å². The highest BCUT2D eigenvalue weighted by Gasteiger charge is 2.20. The lowest BCUT2D eigenvalue weighted by molar-refractivity contribution is 0.146. The van der Waals surface area contributed by atoms with Gasteiger partial charge < -0.3 is 14.8 Å². The molecule has 0 aliphatic rings. The molecular weight excluding hydrogens is 335 g/mol. The number of methoxy groups -OCH3 is 1. The molecule has 0 bridgehead atoms. The maximum Gasteiger partial charge on any atom is 0.266 e. The quantitative estimate of drug-likeness (QED) is 0.724. The molecule has 1 aromatic heterocycles. The van der Waals surface area contributed by atoms with E-state index in [4.69, 9.17) is 9.47 Å². The number of alkyl halides is 2. The van der Waals surface area contributed by atoms with Crippen LogP contribution in [0, 0.1) is 12.7 Å². The Morgan fingerprint density at radius 1 is 1.20 bits per heavy atom. The van der Waals surface area contributed by atoms with Gasteiger partial charge in [-0.05, 0) is 13.8 Å². The Balaban J connectivity index is 2.24. The second kappa shape index (κ2) is 8.66. The number of rotatable bonds is 8. The third kappa shape index (κ3) is 4.82. The first-order valence-corrected chi connectivity index (χ1v) is 7.72. The minimum Gasteiger partial charge on any atom is -0.486 e. The van der Waals surface area contributed by atoms with E-state index < -0.39 is 23.8 Å². The molecule has 0 spiro atoms. The molecule has 0 aliphatic heterocycles. The van der Waals surface area contributed by atoms with E-state index in [1.807, 2.05) is 0 Å². The van der Waals surface area contributed by atoms with Gasteiger partial charge in [-0.3, -0.25) is 0 Å². The molecule has 1 aromatic carbocycles. The van der Waals surface area contributed by atoms with Crippen molar-refractivity contribution in [3.8, 4) is 5.75 Å². The molecule has 5 nitrogen and oxygen atoms in total. The number of benzene rings is 1. The van der Waals surface area contributed by atoms with Gasteiger partial charge in [-0.25, -0.2) is 23.1 Å². The smallest absolute Gasteiger partial charge is 0.266 e. The lowest BCUT2D eigenvalue weighted by Crippen LogP contribution is -2.14. The Hall–Kier alpha value is -2.35. The molecule has 0 saturated carbocycles. The second-order valence-electron chi connectivity index (χ2n) is 5.39. The van der Waals surface area contributed by atoms with Crippen molar-refractivity contribution in [2.75, 3.05) is 25.6 Å². The fraction of sp³-hybridized carbons (Fsp3) is 0.412. The van der Waals surface area contributed by atoms with Crippen LogP contribution in [0.1, 0.15) is 36.3 Å². The number of nitrogens with zero attached hydrogens (tertiary/aromatic N) is 2. The molecule has 25 heavy (non-hydrogen) atoms. The summed E-state index contributed by atoms with van der Waals surface area (Å²) < 4.78 is 50.5. The first kappa shape index (κ1) is 19.0. The zero-order valence-corrected chi connectivity index (χ0v) is 14.2. The van der Waals surface area contributed by atoms with Gasteiger partial charge in [0.1, 0.15) is 18.2 Å². The van der Waals surface area contributed by atoms with Gasteiger partial charge in [0.2, 0.25) is 0 Å². The van der Waals surface area contributed by atoms with Crippen LogP contribution in [0.25, 0.3) is 0 Å².